The van der Waals surface area contributed by atoms with Gasteiger partial charge in [0.15, 0.2) is 0 Å². The number of nitrogens with one attached hydrogen (secondary N) is 1. The predicted octanol–water partition coefficient (Wildman–Crippen LogP) is 1.19. The van der Waals surface area contributed by atoms with Gasteiger partial charge < -0.3 is 15.8 Å². The molecule has 0 bridgehead atoms. The summed E-state index contributed by atoms with van der Waals surface area (Å²) in [6, 6.07) is 2.33. The smallest absolute Gasteiger partial charge is 0.134 e. The molecule has 1 aromatic rings. The fourth-order valence-corrected chi connectivity index (χ4v) is 1.78. The lowest BCUT2D eigenvalue weighted by molar-refractivity contribution is 0.409. The van der Waals surface area contributed by atoms with Crippen molar-refractivity contribution in [3.63, 3.8) is 0 Å². The molecule has 1 unspecified atom stereocenters. The summed E-state index contributed by atoms with van der Waals surface area (Å²) in [6.07, 6.45) is 0. The van der Waals surface area contributed by atoms with Crippen LogP contribution < -0.4 is 15.8 Å². The van der Waals surface area contributed by atoms with Gasteiger partial charge >= 0.3 is 0 Å². The highest BCUT2D eigenvalue weighted by Crippen LogP contribution is 2.23. The first-order valence-electron chi connectivity index (χ1n) is 4.31. The van der Waals surface area contributed by atoms with E-state index in [0.29, 0.717) is 12.6 Å². The van der Waals surface area contributed by atoms with Crippen LogP contribution in [0.2, 0.25) is 0 Å². The van der Waals surface area contributed by atoms with Crippen LogP contribution in [0.5, 0.6) is 5.75 Å². The van der Waals surface area contributed by atoms with E-state index in [1.54, 1.807) is 18.4 Å². The van der Waals surface area contributed by atoms with Crippen LogP contribution in [0.1, 0.15) is 11.8 Å². The molecule has 0 aromatic carbocycles. The molecule has 0 aliphatic heterocycles. The predicted molar refractivity (Wildman–Crippen MR) is 56.2 cm³/mol. The van der Waals surface area contributed by atoms with E-state index in [1.165, 1.54) is 4.88 Å². The van der Waals surface area contributed by atoms with E-state index in [0.717, 1.165) is 12.3 Å². The van der Waals surface area contributed by atoms with E-state index in [1.807, 2.05) is 11.4 Å². The van der Waals surface area contributed by atoms with Crippen LogP contribution in [-0.4, -0.2) is 19.7 Å². The van der Waals surface area contributed by atoms with Crippen molar-refractivity contribution in [2.45, 2.75) is 19.5 Å². The first kappa shape index (κ1) is 10.5. The van der Waals surface area contributed by atoms with Crippen molar-refractivity contribution in [3.8, 4) is 5.75 Å². The lowest BCUT2D eigenvalue weighted by Gasteiger charge is -2.10. The second-order valence-electron chi connectivity index (χ2n) is 2.93. The summed E-state index contributed by atoms with van der Waals surface area (Å²) >= 11 is 1.70. The van der Waals surface area contributed by atoms with Gasteiger partial charge in [-0.25, -0.2) is 0 Å². The van der Waals surface area contributed by atoms with Crippen LogP contribution in [0.3, 0.4) is 0 Å². The summed E-state index contributed by atoms with van der Waals surface area (Å²) in [7, 11) is 1.69. The molecule has 1 atom stereocenters. The molecule has 74 valence electrons. The fourth-order valence-electron chi connectivity index (χ4n) is 0.990. The Morgan fingerprint density at radius 1 is 1.69 bits per heavy atom. The van der Waals surface area contributed by atoms with E-state index in [4.69, 9.17) is 10.5 Å². The van der Waals surface area contributed by atoms with Gasteiger partial charge in [-0.2, -0.15) is 0 Å². The third-order valence-corrected chi connectivity index (χ3v) is 2.79. The van der Waals surface area contributed by atoms with Crippen LogP contribution in [0.15, 0.2) is 11.4 Å². The highest BCUT2D eigenvalue weighted by Gasteiger charge is 2.05. The van der Waals surface area contributed by atoms with Gasteiger partial charge in [0, 0.05) is 19.1 Å². The molecule has 0 amide bonds. The molecule has 0 aliphatic rings. The monoisotopic (exact) mass is 200 g/mol. The summed E-state index contributed by atoms with van der Waals surface area (Å²) < 4.78 is 5.19. The lowest BCUT2D eigenvalue weighted by atomic mass is 10.3. The van der Waals surface area contributed by atoms with E-state index in [2.05, 4.69) is 12.2 Å². The molecule has 1 rings (SSSR count). The van der Waals surface area contributed by atoms with E-state index in [-0.39, 0.29) is 0 Å². The van der Waals surface area contributed by atoms with Gasteiger partial charge in [-0.3, -0.25) is 0 Å². The molecular weight excluding hydrogens is 184 g/mol. The lowest BCUT2D eigenvalue weighted by Crippen LogP contribution is -2.32. The van der Waals surface area contributed by atoms with E-state index >= 15 is 0 Å². The molecule has 3 N–H and O–H groups in total. The fraction of sp³-hybridized carbons (Fsp3) is 0.556. The van der Waals surface area contributed by atoms with Crippen molar-refractivity contribution < 1.29 is 4.74 Å². The van der Waals surface area contributed by atoms with Gasteiger partial charge in [0.2, 0.25) is 0 Å². The zero-order chi connectivity index (χ0) is 9.68. The zero-order valence-electron chi connectivity index (χ0n) is 8.04. The Balaban J connectivity index is 2.44. The number of hydrogen-bond acceptors (Lipinski definition) is 4. The number of methoxy groups -OCH3 is 1. The zero-order valence-corrected chi connectivity index (χ0v) is 8.86. The van der Waals surface area contributed by atoms with Crippen molar-refractivity contribution in [1.82, 2.24) is 5.32 Å². The first-order chi connectivity index (χ1) is 6.27. The molecule has 1 heterocycles. The molecule has 4 heteroatoms. The molecule has 0 fully saturated rings. The first-order valence-corrected chi connectivity index (χ1v) is 5.19. The van der Waals surface area contributed by atoms with E-state index in [9.17, 15) is 0 Å². The summed E-state index contributed by atoms with van der Waals surface area (Å²) in [5.74, 6) is 0.960. The maximum atomic E-state index is 5.49. The Labute approximate surface area is 82.9 Å². The van der Waals surface area contributed by atoms with Crippen molar-refractivity contribution in [3.05, 3.63) is 16.3 Å². The van der Waals surface area contributed by atoms with E-state index < -0.39 is 0 Å². The van der Waals surface area contributed by atoms with Crippen molar-refractivity contribution in [1.29, 1.82) is 0 Å². The van der Waals surface area contributed by atoms with Crippen molar-refractivity contribution in [2.24, 2.45) is 5.73 Å². The minimum atomic E-state index is 0.354. The van der Waals surface area contributed by atoms with Crippen LogP contribution >= 0.6 is 11.3 Å². The Bertz CT molecular complexity index is 250. The molecular formula is C9H16N2OS. The van der Waals surface area contributed by atoms with Gasteiger partial charge in [-0.05, 0) is 18.4 Å². The highest BCUT2D eigenvalue weighted by atomic mass is 32.1. The molecule has 13 heavy (non-hydrogen) atoms. The molecule has 0 radical (unpaired) electrons. The molecule has 3 nitrogen and oxygen atoms in total. The topological polar surface area (TPSA) is 47.3 Å². The molecule has 0 saturated heterocycles. The molecule has 0 saturated carbocycles. The largest absolute Gasteiger partial charge is 0.496 e. The van der Waals surface area contributed by atoms with Crippen molar-refractivity contribution in [2.75, 3.05) is 13.7 Å². The number of nitrogens with two attached hydrogens (primary N) is 1. The molecule has 0 spiro atoms. The standard InChI is InChI=1S/C9H16N2OS/c1-7(5-10)11-6-9-8(12-2)3-4-13-9/h3-4,7,11H,5-6,10H2,1-2H3. The van der Waals surface area contributed by atoms with Gasteiger partial charge in [-0.15, -0.1) is 11.3 Å². The number of hydrogen-bond donors (Lipinski definition) is 2. The third kappa shape index (κ3) is 2.99. The molecule has 1 aromatic heterocycles. The highest BCUT2D eigenvalue weighted by molar-refractivity contribution is 7.10. The quantitative estimate of drug-likeness (QED) is 0.750. The second-order valence-corrected chi connectivity index (χ2v) is 3.93. The Morgan fingerprint density at radius 3 is 3.08 bits per heavy atom. The summed E-state index contributed by atoms with van der Waals surface area (Å²) in [4.78, 5) is 1.22. The summed E-state index contributed by atoms with van der Waals surface area (Å²) in [5.41, 5.74) is 5.49. The normalized spacial score (nSPS) is 12.8. The Hall–Kier alpha value is -0.580. The van der Waals surface area contributed by atoms with Crippen molar-refractivity contribution >= 4 is 11.3 Å². The minimum absolute atomic E-state index is 0.354. The van der Waals surface area contributed by atoms with Crippen LogP contribution in [0.25, 0.3) is 0 Å². The number of thiophene rings is 1. The maximum Gasteiger partial charge on any atom is 0.134 e. The van der Waals surface area contributed by atoms with Gasteiger partial charge in [0.05, 0.1) is 12.0 Å². The summed E-state index contributed by atoms with van der Waals surface area (Å²) in [5, 5.41) is 5.35. The van der Waals surface area contributed by atoms with Crippen LogP contribution in [0, 0.1) is 0 Å². The second kappa shape index (κ2) is 5.21. The average molecular weight is 200 g/mol. The average Bonchev–Trinajstić information content (AvgIpc) is 2.61. The number of rotatable bonds is 5. The Kier molecular flexibility index (Phi) is 4.21. The number of ether oxygens (including phenoxy) is 1. The van der Waals surface area contributed by atoms with Crippen LogP contribution in [0.4, 0.5) is 0 Å². The SMILES string of the molecule is COc1ccsc1CNC(C)CN. The third-order valence-electron chi connectivity index (χ3n) is 1.89. The van der Waals surface area contributed by atoms with Crippen LogP contribution in [-0.2, 0) is 6.54 Å². The minimum Gasteiger partial charge on any atom is -0.496 e. The maximum absolute atomic E-state index is 5.49. The van der Waals surface area contributed by atoms with Gasteiger partial charge in [0.25, 0.3) is 0 Å². The van der Waals surface area contributed by atoms with Gasteiger partial charge in [0.1, 0.15) is 5.75 Å². The summed E-state index contributed by atoms with van der Waals surface area (Å²) in [6.45, 7) is 3.56. The molecule has 0 aliphatic carbocycles. The Morgan fingerprint density at radius 2 is 2.46 bits per heavy atom. The van der Waals surface area contributed by atoms with Gasteiger partial charge in [-0.1, -0.05) is 0 Å².